The molecule has 0 unspecified atom stereocenters. The standard InChI is InChI=1S/C18H21N3O3/c1-24-15-8-6-13(7-9-15)18(23)19-10-11-21-17(22)12-14-4-2-3-5-16(14)20-21/h6-9,12H,2-5,10-11H2,1H3,(H,19,23). The van der Waals surface area contributed by atoms with Crippen molar-refractivity contribution < 1.29 is 9.53 Å². The van der Waals surface area contributed by atoms with Crippen LogP contribution in [0.2, 0.25) is 0 Å². The summed E-state index contributed by atoms with van der Waals surface area (Å²) < 4.78 is 6.51. The van der Waals surface area contributed by atoms with Gasteiger partial charge >= 0.3 is 0 Å². The van der Waals surface area contributed by atoms with Gasteiger partial charge in [0.15, 0.2) is 0 Å². The summed E-state index contributed by atoms with van der Waals surface area (Å²) in [6, 6.07) is 8.58. The Balaban J connectivity index is 1.59. The molecule has 0 saturated carbocycles. The van der Waals surface area contributed by atoms with Gasteiger partial charge in [0.25, 0.3) is 11.5 Å². The van der Waals surface area contributed by atoms with Crippen LogP contribution in [0.15, 0.2) is 35.1 Å². The molecule has 24 heavy (non-hydrogen) atoms. The number of carbonyl (C=O) groups is 1. The Bertz CT molecular complexity index is 781. The molecule has 1 N–H and O–H groups in total. The van der Waals surface area contributed by atoms with Gasteiger partial charge in [0.05, 0.1) is 19.3 Å². The van der Waals surface area contributed by atoms with Crippen molar-refractivity contribution in [3.8, 4) is 5.75 Å². The van der Waals surface area contributed by atoms with Crippen LogP contribution in [0.5, 0.6) is 5.75 Å². The predicted octanol–water partition coefficient (Wildman–Crippen LogP) is 1.56. The number of hydrogen-bond donors (Lipinski definition) is 1. The molecule has 6 nitrogen and oxygen atoms in total. The van der Waals surface area contributed by atoms with Crippen molar-refractivity contribution in [2.75, 3.05) is 13.7 Å². The Morgan fingerprint density at radius 2 is 2.00 bits per heavy atom. The summed E-state index contributed by atoms with van der Waals surface area (Å²) in [7, 11) is 1.58. The number of rotatable bonds is 5. The Morgan fingerprint density at radius 3 is 2.75 bits per heavy atom. The fraction of sp³-hybridized carbons (Fsp3) is 0.389. The first-order valence-electron chi connectivity index (χ1n) is 8.19. The van der Waals surface area contributed by atoms with E-state index in [2.05, 4.69) is 10.4 Å². The number of nitrogens with zero attached hydrogens (tertiary/aromatic N) is 2. The van der Waals surface area contributed by atoms with E-state index in [9.17, 15) is 9.59 Å². The topological polar surface area (TPSA) is 73.2 Å². The highest BCUT2D eigenvalue weighted by molar-refractivity contribution is 5.94. The zero-order chi connectivity index (χ0) is 16.9. The highest BCUT2D eigenvalue weighted by Crippen LogP contribution is 2.16. The molecule has 3 rings (SSSR count). The molecule has 0 saturated heterocycles. The van der Waals surface area contributed by atoms with Gasteiger partial charge in [-0.05, 0) is 55.5 Å². The van der Waals surface area contributed by atoms with Crippen molar-refractivity contribution in [2.45, 2.75) is 32.2 Å². The lowest BCUT2D eigenvalue weighted by atomic mass is 9.97. The molecule has 1 heterocycles. The lowest BCUT2D eigenvalue weighted by Crippen LogP contribution is -2.33. The summed E-state index contributed by atoms with van der Waals surface area (Å²) >= 11 is 0. The number of amides is 1. The van der Waals surface area contributed by atoms with E-state index in [1.165, 1.54) is 4.68 Å². The minimum absolute atomic E-state index is 0.102. The van der Waals surface area contributed by atoms with Crippen LogP contribution in [-0.2, 0) is 19.4 Å². The summed E-state index contributed by atoms with van der Waals surface area (Å²) in [6.07, 6.45) is 4.10. The van der Waals surface area contributed by atoms with Gasteiger partial charge in [-0.25, -0.2) is 4.68 Å². The van der Waals surface area contributed by atoms with Gasteiger partial charge in [-0.3, -0.25) is 9.59 Å². The average Bonchev–Trinajstić information content (AvgIpc) is 2.62. The van der Waals surface area contributed by atoms with Gasteiger partial charge in [0, 0.05) is 18.2 Å². The summed E-state index contributed by atoms with van der Waals surface area (Å²) in [6.45, 7) is 0.727. The van der Waals surface area contributed by atoms with Crippen LogP contribution < -0.4 is 15.6 Å². The maximum absolute atomic E-state index is 12.1. The van der Waals surface area contributed by atoms with E-state index in [-0.39, 0.29) is 11.5 Å². The van der Waals surface area contributed by atoms with E-state index in [1.807, 2.05) is 0 Å². The maximum Gasteiger partial charge on any atom is 0.267 e. The van der Waals surface area contributed by atoms with Crippen molar-refractivity contribution in [3.05, 3.63) is 57.5 Å². The van der Waals surface area contributed by atoms with Crippen molar-refractivity contribution in [1.29, 1.82) is 0 Å². The van der Waals surface area contributed by atoms with Gasteiger partial charge in [0.1, 0.15) is 5.75 Å². The van der Waals surface area contributed by atoms with Crippen molar-refractivity contribution >= 4 is 5.91 Å². The van der Waals surface area contributed by atoms with Crippen LogP contribution in [0.3, 0.4) is 0 Å². The lowest BCUT2D eigenvalue weighted by Gasteiger charge is -2.16. The highest BCUT2D eigenvalue weighted by atomic mass is 16.5. The molecule has 1 aromatic carbocycles. The zero-order valence-electron chi connectivity index (χ0n) is 13.7. The third kappa shape index (κ3) is 3.64. The van der Waals surface area contributed by atoms with Crippen LogP contribution in [0.1, 0.15) is 34.5 Å². The lowest BCUT2D eigenvalue weighted by molar-refractivity contribution is 0.0951. The van der Waals surface area contributed by atoms with Gasteiger partial charge in [0.2, 0.25) is 0 Å². The molecule has 2 aromatic rings. The number of aromatic nitrogens is 2. The third-order valence-electron chi connectivity index (χ3n) is 4.24. The number of hydrogen-bond acceptors (Lipinski definition) is 4. The maximum atomic E-state index is 12.1. The van der Waals surface area contributed by atoms with Crippen LogP contribution >= 0.6 is 0 Å². The molecule has 1 amide bonds. The molecular weight excluding hydrogens is 306 g/mol. The largest absolute Gasteiger partial charge is 0.497 e. The molecule has 1 aliphatic rings. The molecule has 126 valence electrons. The number of nitrogens with one attached hydrogen (secondary N) is 1. The first-order valence-corrected chi connectivity index (χ1v) is 8.19. The van der Waals surface area contributed by atoms with Gasteiger partial charge in [-0.1, -0.05) is 0 Å². The van der Waals surface area contributed by atoms with E-state index < -0.39 is 0 Å². The summed E-state index contributed by atoms with van der Waals surface area (Å²) in [5.41, 5.74) is 2.54. The Morgan fingerprint density at radius 1 is 1.25 bits per heavy atom. The van der Waals surface area contributed by atoms with Crippen molar-refractivity contribution in [2.24, 2.45) is 0 Å². The summed E-state index contributed by atoms with van der Waals surface area (Å²) in [4.78, 5) is 24.2. The van der Waals surface area contributed by atoms with Crippen molar-refractivity contribution in [3.63, 3.8) is 0 Å². The fourth-order valence-electron chi connectivity index (χ4n) is 2.88. The molecule has 0 fully saturated rings. The molecule has 1 aliphatic carbocycles. The molecule has 0 radical (unpaired) electrons. The van der Waals surface area contributed by atoms with E-state index >= 15 is 0 Å². The Hall–Kier alpha value is -2.63. The van der Waals surface area contributed by atoms with Gasteiger partial charge < -0.3 is 10.1 Å². The number of methoxy groups -OCH3 is 1. The predicted molar refractivity (Wildman–Crippen MR) is 90.5 cm³/mol. The number of fused-ring (bicyclic) bond motifs is 1. The second-order valence-electron chi connectivity index (χ2n) is 5.87. The van der Waals surface area contributed by atoms with E-state index in [1.54, 1.807) is 37.4 Å². The van der Waals surface area contributed by atoms with Crippen molar-refractivity contribution in [1.82, 2.24) is 15.1 Å². The molecule has 0 bridgehead atoms. The second kappa shape index (κ2) is 7.29. The smallest absolute Gasteiger partial charge is 0.267 e. The van der Waals surface area contributed by atoms with Crippen LogP contribution in [-0.4, -0.2) is 29.3 Å². The van der Waals surface area contributed by atoms with Crippen LogP contribution in [0.4, 0.5) is 0 Å². The normalized spacial score (nSPS) is 13.2. The van der Waals surface area contributed by atoms with E-state index in [4.69, 9.17) is 4.74 Å². The zero-order valence-corrected chi connectivity index (χ0v) is 13.7. The minimum atomic E-state index is -0.177. The third-order valence-corrected chi connectivity index (χ3v) is 4.24. The van der Waals surface area contributed by atoms with E-state index in [0.29, 0.717) is 24.4 Å². The first-order chi connectivity index (χ1) is 11.7. The summed E-state index contributed by atoms with van der Waals surface area (Å²) in [5.74, 6) is 0.528. The van der Waals surface area contributed by atoms with Gasteiger partial charge in [-0.2, -0.15) is 5.10 Å². The molecule has 0 aliphatic heterocycles. The van der Waals surface area contributed by atoms with E-state index in [0.717, 1.165) is 36.9 Å². The first kappa shape index (κ1) is 16.2. The SMILES string of the molecule is COc1ccc(C(=O)NCCn2nc3c(cc2=O)CCCC3)cc1. The molecule has 0 atom stereocenters. The second-order valence-corrected chi connectivity index (χ2v) is 5.87. The highest BCUT2D eigenvalue weighted by Gasteiger charge is 2.13. The number of benzene rings is 1. The fourth-order valence-corrected chi connectivity index (χ4v) is 2.88. The molecule has 6 heteroatoms. The number of ether oxygens (including phenoxy) is 1. The number of carbonyl (C=O) groups excluding carboxylic acids is 1. The molecule has 1 aromatic heterocycles. The minimum Gasteiger partial charge on any atom is -0.497 e. The Kier molecular flexibility index (Phi) is 4.93. The molecule has 0 spiro atoms. The Labute approximate surface area is 140 Å². The van der Waals surface area contributed by atoms with Crippen LogP contribution in [0, 0.1) is 0 Å². The molecular formula is C18H21N3O3. The average molecular weight is 327 g/mol. The van der Waals surface area contributed by atoms with Gasteiger partial charge in [-0.15, -0.1) is 0 Å². The number of aryl methyl sites for hydroxylation is 2. The summed E-state index contributed by atoms with van der Waals surface area (Å²) in [5, 5.41) is 7.25. The monoisotopic (exact) mass is 327 g/mol. The van der Waals surface area contributed by atoms with Crippen LogP contribution in [0.25, 0.3) is 0 Å². The quantitative estimate of drug-likeness (QED) is 0.904.